The molecule has 2 N–H and O–H groups in total. The lowest BCUT2D eigenvalue weighted by Gasteiger charge is -2.37. The summed E-state index contributed by atoms with van der Waals surface area (Å²) in [6.07, 6.45) is 2.05. The van der Waals surface area contributed by atoms with E-state index in [1.165, 1.54) is 11.8 Å². The van der Waals surface area contributed by atoms with Crippen LogP contribution in [0.15, 0.2) is 29.2 Å². The molecule has 1 saturated heterocycles. The maximum Gasteiger partial charge on any atom is 0.230 e. The molecule has 1 aliphatic rings. The number of methoxy groups -OCH3 is 1. The molecule has 0 spiro atoms. The van der Waals surface area contributed by atoms with Crippen LogP contribution >= 0.6 is 35.8 Å². The van der Waals surface area contributed by atoms with Crippen LogP contribution in [0.5, 0.6) is 0 Å². The molecule has 1 heterocycles. The van der Waals surface area contributed by atoms with E-state index in [4.69, 9.17) is 16.3 Å². The van der Waals surface area contributed by atoms with Gasteiger partial charge in [0.1, 0.15) is 0 Å². The quantitative estimate of drug-likeness (QED) is 0.716. The fourth-order valence-corrected chi connectivity index (χ4v) is 3.75. The zero-order valence-electron chi connectivity index (χ0n) is 13.3. The van der Waals surface area contributed by atoms with Gasteiger partial charge in [-0.05, 0) is 38.1 Å². The Morgan fingerprint density at radius 3 is 2.74 bits per heavy atom. The van der Waals surface area contributed by atoms with Crippen LogP contribution < -0.4 is 10.6 Å². The molecule has 1 fully saturated rings. The number of hydrogen-bond donors (Lipinski definition) is 2. The molecule has 0 radical (unpaired) electrons. The predicted octanol–water partition coefficient (Wildman–Crippen LogP) is 2.99. The van der Waals surface area contributed by atoms with Crippen molar-refractivity contribution in [2.75, 3.05) is 39.1 Å². The number of amides is 1. The Bertz CT molecular complexity index is 491. The number of nitrogens with one attached hydrogen (secondary N) is 2. The van der Waals surface area contributed by atoms with Crippen LogP contribution in [0.3, 0.4) is 0 Å². The molecule has 0 bridgehead atoms. The summed E-state index contributed by atoms with van der Waals surface area (Å²) in [5.41, 5.74) is 0.0602. The van der Waals surface area contributed by atoms with Gasteiger partial charge in [0.25, 0.3) is 0 Å². The third kappa shape index (κ3) is 6.51. The van der Waals surface area contributed by atoms with Crippen LogP contribution in [0.2, 0.25) is 5.02 Å². The van der Waals surface area contributed by atoms with Crippen molar-refractivity contribution in [3.05, 3.63) is 29.3 Å². The van der Waals surface area contributed by atoms with Crippen molar-refractivity contribution in [1.82, 2.24) is 10.6 Å². The molecular weight excluding hydrogens is 355 g/mol. The normalized spacial score (nSPS) is 16.4. The first-order valence-electron chi connectivity index (χ1n) is 7.49. The van der Waals surface area contributed by atoms with Gasteiger partial charge in [0.05, 0.1) is 17.4 Å². The van der Waals surface area contributed by atoms with Gasteiger partial charge >= 0.3 is 0 Å². The van der Waals surface area contributed by atoms with Crippen molar-refractivity contribution in [3.8, 4) is 0 Å². The van der Waals surface area contributed by atoms with E-state index in [-0.39, 0.29) is 23.7 Å². The first-order chi connectivity index (χ1) is 10.7. The number of halogens is 2. The highest BCUT2D eigenvalue weighted by Gasteiger charge is 2.32. The van der Waals surface area contributed by atoms with Gasteiger partial charge in [-0.15, -0.1) is 24.2 Å². The fraction of sp³-hybridized carbons (Fsp3) is 0.562. The largest absolute Gasteiger partial charge is 0.384 e. The highest BCUT2D eigenvalue weighted by molar-refractivity contribution is 8.00. The summed E-state index contributed by atoms with van der Waals surface area (Å²) in [5, 5.41) is 7.10. The van der Waals surface area contributed by atoms with E-state index in [9.17, 15) is 4.79 Å². The SMILES string of the molecule is COCC1(CNC(=O)CSc2ccccc2Cl)CCNCC1.Cl. The zero-order valence-corrected chi connectivity index (χ0v) is 15.7. The molecule has 23 heavy (non-hydrogen) atoms. The molecular formula is C16H24Cl2N2O2S. The van der Waals surface area contributed by atoms with Gasteiger partial charge in [0, 0.05) is 24.0 Å². The standard InChI is InChI=1S/C16H23ClN2O2S.ClH/c1-21-12-16(6-8-18-9-7-16)11-19-15(20)10-22-14-5-3-2-4-13(14)17;/h2-5,18H,6-12H2,1H3,(H,19,20);1H. The predicted molar refractivity (Wildman–Crippen MR) is 98.8 cm³/mol. The smallest absolute Gasteiger partial charge is 0.230 e. The van der Waals surface area contributed by atoms with E-state index in [2.05, 4.69) is 10.6 Å². The highest BCUT2D eigenvalue weighted by atomic mass is 35.5. The summed E-state index contributed by atoms with van der Waals surface area (Å²) < 4.78 is 5.36. The lowest BCUT2D eigenvalue weighted by molar-refractivity contribution is -0.119. The Labute approximate surface area is 153 Å². The molecule has 7 heteroatoms. The fourth-order valence-electron chi connectivity index (χ4n) is 2.68. The minimum atomic E-state index is 0. The van der Waals surface area contributed by atoms with Crippen molar-refractivity contribution in [1.29, 1.82) is 0 Å². The summed E-state index contributed by atoms with van der Waals surface area (Å²) in [6.45, 7) is 3.32. The number of thioether (sulfide) groups is 1. The molecule has 1 aromatic carbocycles. The summed E-state index contributed by atoms with van der Waals surface area (Å²) in [5.74, 6) is 0.421. The van der Waals surface area contributed by atoms with Crippen LogP contribution in [0.4, 0.5) is 0 Å². The highest BCUT2D eigenvalue weighted by Crippen LogP contribution is 2.29. The van der Waals surface area contributed by atoms with Crippen LogP contribution in [-0.4, -0.2) is 45.0 Å². The first-order valence-corrected chi connectivity index (χ1v) is 8.85. The zero-order chi connectivity index (χ0) is 15.8. The molecule has 0 aliphatic carbocycles. The Hall–Kier alpha value is -0.460. The Balaban J connectivity index is 0.00000264. The van der Waals surface area contributed by atoms with Gasteiger partial charge in [-0.25, -0.2) is 0 Å². The summed E-state index contributed by atoms with van der Waals surface area (Å²) in [4.78, 5) is 13.0. The molecule has 4 nitrogen and oxygen atoms in total. The minimum Gasteiger partial charge on any atom is -0.384 e. The minimum absolute atomic E-state index is 0. The third-order valence-electron chi connectivity index (χ3n) is 3.97. The molecule has 0 saturated carbocycles. The third-order valence-corrected chi connectivity index (χ3v) is 5.49. The van der Waals surface area contributed by atoms with Gasteiger partial charge in [-0.3, -0.25) is 4.79 Å². The lowest BCUT2D eigenvalue weighted by Crippen LogP contribution is -2.47. The Morgan fingerprint density at radius 1 is 1.39 bits per heavy atom. The van der Waals surface area contributed by atoms with Crippen molar-refractivity contribution < 1.29 is 9.53 Å². The van der Waals surface area contributed by atoms with Crippen LogP contribution in [0.1, 0.15) is 12.8 Å². The number of piperidine rings is 1. The van der Waals surface area contributed by atoms with Crippen molar-refractivity contribution in [2.24, 2.45) is 5.41 Å². The van der Waals surface area contributed by atoms with Crippen LogP contribution in [-0.2, 0) is 9.53 Å². The molecule has 0 atom stereocenters. The van der Waals surface area contributed by atoms with E-state index in [0.29, 0.717) is 23.9 Å². The Kier molecular flexibility index (Phi) is 9.32. The van der Waals surface area contributed by atoms with Gasteiger partial charge in [0.2, 0.25) is 5.91 Å². The number of rotatable bonds is 7. The maximum atomic E-state index is 12.1. The molecule has 0 unspecified atom stereocenters. The van der Waals surface area contributed by atoms with Gasteiger partial charge in [-0.2, -0.15) is 0 Å². The number of benzene rings is 1. The number of carbonyl (C=O) groups excluding carboxylic acids is 1. The lowest BCUT2D eigenvalue weighted by atomic mass is 9.79. The van der Waals surface area contributed by atoms with E-state index in [0.717, 1.165) is 30.8 Å². The maximum absolute atomic E-state index is 12.1. The topological polar surface area (TPSA) is 50.4 Å². The van der Waals surface area contributed by atoms with Gasteiger partial charge in [0.15, 0.2) is 0 Å². The van der Waals surface area contributed by atoms with Crippen molar-refractivity contribution >= 4 is 41.7 Å². The summed E-state index contributed by atoms with van der Waals surface area (Å²) in [7, 11) is 1.72. The van der Waals surface area contributed by atoms with E-state index < -0.39 is 0 Å². The van der Waals surface area contributed by atoms with Gasteiger partial charge < -0.3 is 15.4 Å². The second kappa shape index (κ2) is 10.4. The van der Waals surface area contributed by atoms with E-state index >= 15 is 0 Å². The second-order valence-corrected chi connectivity index (χ2v) is 7.10. The van der Waals surface area contributed by atoms with Crippen molar-refractivity contribution in [3.63, 3.8) is 0 Å². The molecule has 1 aromatic rings. The van der Waals surface area contributed by atoms with Gasteiger partial charge in [-0.1, -0.05) is 23.7 Å². The number of carbonyl (C=O) groups is 1. The molecule has 1 amide bonds. The van der Waals surface area contributed by atoms with E-state index in [1.807, 2.05) is 24.3 Å². The average molecular weight is 379 g/mol. The second-order valence-electron chi connectivity index (χ2n) is 5.68. The first kappa shape index (κ1) is 20.6. The molecule has 0 aromatic heterocycles. The summed E-state index contributed by atoms with van der Waals surface area (Å²) in [6, 6.07) is 7.58. The number of hydrogen-bond acceptors (Lipinski definition) is 4. The average Bonchev–Trinajstić information content (AvgIpc) is 2.53. The monoisotopic (exact) mass is 378 g/mol. The number of ether oxygens (including phenoxy) is 1. The molecule has 2 rings (SSSR count). The van der Waals surface area contributed by atoms with Crippen molar-refractivity contribution in [2.45, 2.75) is 17.7 Å². The Morgan fingerprint density at radius 2 is 2.09 bits per heavy atom. The van der Waals surface area contributed by atoms with Crippen LogP contribution in [0, 0.1) is 5.41 Å². The molecule has 130 valence electrons. The molecule has 1 aliphatic heterocycles. The van der Waals surface area contributed by atoms with Crippen LogP contribution in [0.25, 0.3) is 0 Å². The van der Waals surface area contributed by atoms with E-state index in [1.54, 1.807) is 7.11 Å². The summed E-state index contributed by atoms with van der Waals surface area (Å²) >= 11 is 7.56.